The van der Waals surface area contributed by atoms with Crippen LogP contribution < -0.4 is 0 Å². The van der Waals surface area contributed by atoms with E-state index in [1.165, 1.54) is 0 Å². The van der Waals surface area contributed by atoms with Crippen LogP contribution in [-0.2, 0) is 6.54 Å². The maximum absolute atomic E-state index is 11.1. The number of rotatable bonds is 4. The number of allylic oxidation sites excluding steroid dienone is 1. The number of Topliss-reactive ketones (excluding diaryl/α,β-unsaturated/α-hetero) is 1. The van der Waals surface area contributed by atoms with Gasteiger partial charge in [-0.1, -0.05) is 6.08 Å². The van der Waals surface area contributed by atoms with Crippen molar-refractivity contribution in [1.29, 1.82) is 0 Å². The highest BCUT2D eigenvalue weighted by atomic mass is 16.1. The smallest absolute Gasteiger partial charge is 0.161 e. The van der Waals surface area contributed by atoms with Crippen LogP contribution >= 0.6 is 0 Å². The Morgan fingerprint density at radius 2 is 2.38 bits per heavy atom. The van der Waals surface area contributed by atoms with Gasteiger partial charge in [0.05, 0.1) is 0 Å². The predicted molar refractivity (Wildman–Crippen MR) is 54.0 cm³/mol. The summed E-state index contributed by atoms with van der Waals surface area (Å²) in [5.41, 5.74) is 1.87. The van der Waals surface area contributed by atoms with Gasteiger partial charge in [0, 0.05) is 24.0 Å². The Balaban J connectivity index is 2.86. The van der Waals surface area contributed by atoms with Gasteiger partial charge in [-0.2, -0.15) is 0 Å². The lowest BCUT2D eigenvalue weighted by atomic mass is 10.2. The zero-order chi connectivity index (χ0) is 9.84. The number of hydrogen-bond donors (Lipinski definition) is 0. The third-order valence-electron chi connectivity index (χ3n) is 2.20. The van der Waals surface area contributed by atoms with Crippen LogP contribution in [0.1, 0.15) is 29.4 Å². The van der Waals surface area contributed by atoms with Gasteiger partial charge in [0.2, 0.25) is 0 Å². The first-order chi connectivity index (χ1) is 6.16. The van der Waals surface area contributed by atoms with Crippen molar-refractivity contribution >= 4 is 5.78 Å². The molecule has 1 rings (SSSR count). The molecule has 0 aliphatic heterocycles. The average Bonchev–Trinajstić information content (AvgIpc) is 2.43. The van der Waals surface area contributed by atoms with Crippen LogP contribution in [0.2, 0.25) is 0 Å². The van der Waals surface area contributed by atoms with Crippen molar-refractivity contribution < 1.29 is 4.79 Å². The van der Waals surface area contributed by atoms with E-state index in [0.29, 0.717) is 0 Å². The van der Waals surface area contributed by atoms with E-state index in [1.54, 1.807) is 6.92 Å². The third kappa shape index (κ3) is 2.08. The highest BCUT2D eigenvalue weighted by Gasteiger charge is 2.07. The third-order valence-corrected chi connectivity index (χ3v) is 2.20. The minimum atomic E-state index is 0.134. The molecule has 0 radical (unpaired) electrons. The molecule has 0 unspecified atom stereocenters. The predicted octanol–water partition coefficient (Wildman–Crippen LogP) is 2.58. The summed E-state index contributed by atoms with van der Waals surface area (Å²) < 4.78 is 2.08. The number of aryl methyl sites for hydroxylation is 1. The fourth-order valence-corrected chi connectivity index (χ4v) is 1.40. The molecule has 0 saturated carbocycles. The molecule has 0 atom stereocenters. The Bertz CT molecular complexity index is 323. The first-order valence-electron chi connectivity index (χ1n) is 4.44. The normalized spacial score (nSPS) is 10.0. The molecule has 0 spiro atoms. The second-order valence-electron chi connectivity index (χ2n) is 3.14. The number of ketones is 1. The topological polar surface area (TPSA) is 22.0 Å². The Hall–Kier alpha value is -1.31. The summed E-state index contributed by atoms with van der Waals surface area (Å²) in [7, 11) is 0. The number of aromatic nitrogens is 1. The number of carbonyl (C=O) groups is 1. The molecule has 0 amide bonds. The maximum atomic E-state index is 11.1. The summed E-state index contributed by atoms with van der Waals surface area (Å²) in [6.45, 7) is 8.14. The van der Waals surface area contributed by atoms with Crippen LogP contribution in [0.4, 0.5) is 0 Å². The van der Waals surface area contributed by atoms with Gasteiger partial charge in [-0.15, -0.1) is 6.58 Å². The van der Waals surface area contributed by atoms with E-state index in [1.807, 2.05) is 25.3 Å². The van der Waals surface area contributed by atoms with Crippen LogP contribution in [-0.4, -0.2) is 10.4 Å². The molecule has 2 heteroatoms. The molecule has 0 aromatic carbocycles. The van der Waals surface area contributed by atoms with Gasteiger partial charge in [-0.05, 0) is 26.3 Å². The Morgan fingerprint density at radius 1 is 1.69 bits per heavy atom. The zero-order valence-electron chi connectivity index (χ0n) is 8.21. The molecule has 70 valence electrons. The number of carbonyl (C=O) groups excluding carboxylic acids is 1. The van der Waals surface area contributed by atoms with Crippen molar-refractivity contribution in [1.82, 2.24) is 4.57 Å². The second kappa shape index (κ2) is 4.08. The molecule has 0 saturated heterocycles. The lowest BCUT2D eigenvalue weighted by Crippen LogP contribution is -2.00. The molecule has 0 aliphatic rings. The van der Waals surface area contributed by atoms with E-state index < -0.39 is 0 Å². The van der Waals surface area contributed by atoms with Crippen LogP contribution in [0.25, 0.3) is 0 Å². The van der Waals surface area contributed by atoms with Gasteiger partial charge in [0.15, 0.2) is 5.78 Å². The molecule has 1 aromatic rings. The molecule has 2 nitrogen and oxygen atoms in total. The van der Waals surface area contributed by atoms with E-state index >= 15 is 0 Å². The summed E-state index contributed by atoms with van der Waals surface area (Å²) in [5.74, 6) is 0.134. The van der Waals surface area contributed by atoms with Gasteiger partial charge in [-0.3, -0.25) is 4.79 Å². The fraction of sp³-hybridized carbons (Fsp3) is 0.364. The second-order valence-corrected chi connectivity index (χ2v) is 3.14. The van der Waals surface area contributed by atoms with E-state index in [-0.39, 0.29) is 5.78 Å². The summed E-state index contributed by atoms with van der Waals surface area (Å²) in [5, 5.41) is 0. The van der Waals surface area contributed by atoms with E-state index in [0.717, 1.165) is 24.2 Å². The van der Waals surface area contributed by atoms with Gasteiger partial charge in [-0.25, -0.2) is 0 Å². The molecule has 13 heavy (non-hydrogen) atoms. The lowest BCUT2D eigenvalue weighted by molar-refractivity contribution is 0.101. The minimum Gasteiger partial charge on any atom is -0.351 e. The number of hydrogen-bond acceptors (Lipinski definition) is 1. The summed E-state index contributed by atoms with van der Waals surface area (Å²) in [6, 6.07) is 1.88. The van der Waals surface area contributed by atoms with Crippen molar-refractivity contribution in [2.24, 2.45) is 0 Å². The zero-order valence-corrected chi connectivity index (χ0v) is 8.21. The average molecular weight is 177 g/mol. The largest absolute Gasteiger partial charge is 0.351 e. The molecule has 0 N–H and O–H groups in total. The van der Waals surface area contributed by atoms with Crippen molar-refractivity contribution in [2.45, 2.75) is 26.8 Å². The lowest BCUT2D eigenvalue weighted by Gasteiger charge is -2.03. The highest BCUT2D eigenvalue weighted by molar-refractivity contribution is 5.95. The molecule has 0 bridgehead atoms. The monoisotopic (exact) mass is 177 g/mol. The van der Waals surface area contributed by atoms with Crippen LogP contribution in [0.3, 0.4) is 0 Å². The van der Waals surface area contributed by atoms with Gasteiger partial charge in [0.25, 0.3) is 0 Å². The van der Waals surface area contributed by atoms with E-state index in [2.05, 4.69) is 11.1 Å². The van der Waals surface area contributed by atoms with Crippen molar-refractivity contribution in [3.05, 3.63) is 36.2 Å². The first kappa shape index (κ1) is 9.78. The van der Waals surface area contributed by atoms with Crippen LogP contribution in [0.15, 0.2) is 24.9 Å². The molecule has 0 fully saturated rings. The fourth-order valence-electron chi connectivity index (χ4n) is 1.40. The molecule has 0 aliphatic carbocycles. The first-order valence-corrected chi connectivity index (χ1v) is 4.44. The standard InChI is InChI=1S/C11H15NO/c1-4-5-7-12-8-6-11(9(12)2)10(3)13/h4,6,8H,1,5,7H2,2-3H3. The van der Waals surface area contributed by atoms with Crippen LogP contribution in [0.5, 0.6) is 0 Å². The summed E-state index contributed by atoms with van der Waals surface area (Å²) >= 11 is 0. The Labute approximate surface area is 78.9 Å². The quantitative estimate of drug-likeness (QED) is 0.511. The van der Waals surface area contributed by atoms with Gasteiger partial charge >= 0.3 is 0 Å². The highest BCUT2D eigenvalue weighted by Crippen LogP contribution is 2.11. The van der Waals surface area contributed by atoms with E-state index in [9.17, 15) is 4.79 Å². The van der Waals surface area contributed by atoms with E-state index in [4.69, 9.17) is 0 Å². The summed E-state index contributed by atoms with van der Waals surface area (Å²) in [4.78, 5) is 11.1. The minimum absolute atomic E-state index is 0.134. The van der Waals surface area contributed by atoms with Crippen molar-refractivity contribution in [2.75, 3.05) is 0 Å². The van der Waals surface area contributed by atoms with Crippen molar-refractivity contribution in [3.63, 3.8) is 0 Å². The Kier molecular flexibility index (Phi) is 3.07. The molecule has 1 heterocycles. The molecular formula is C11H15NO. The van der Waals surface area contributed by atoms with Gasteiger partial charge in [0.1, 0.15) is 0 Å². The van der Waals surface area contributed by atoms with Crippen LogP contribution in [0, 0.1) is 6.92 Å². The molecule has 1 aromatic heterocycles. The summed E-state index contributed by atoms with van der Waals surface area (Å²) in [6.07, 6.45) is 4.77. The maximum Gasteiger partial charge on any atom is 0.161 e. The van der Waals surface area contributed by atoms with Crippen molar-refractivity contribution in [3.8, 4) is 0 Å². The SMILES string of the molecule is C=CCCn1ccc(C(C)=O)c1C. The molecular weight excluding hydrogens is 162 g/mol. The Morgan fingerprint density at radius 3 is 2.85 bits per heavy atom. The number of nitrogens with zero attached hydrogens (tertiary/aromatic N) is 1. The van der Waals surface area contributed by atoms with Gasteiger partial charge < -0.3 is 4.57 Å².